The fraction of sp³-hybridized carbons (Fsp3) is 0. The molecule has 0 amide bonds. The third kappa shape index (κ3) is 9.35. The van der Waals surface area contributed by atoms with Gasteiger partial charge in [0.05, 0.1) is 17.1 Å². The van der Waals surface area contributed by atoms with Crippen LogP contribution in [0.25, 0.3) is 54.9 Å². The molecule has 6 heteroatoms. The van der Waals surface area contributed by atoms with Crippen LogP contribution in [0.5, 0.6) is 11.5 Å². The molecule has 0 saturated carbocycles. The van der Waals surface area contributed by atoms with Gasteiger partial charge in [0.1, 0.15) is 11.5 Å². The van der Waals surface area contributed by atoms with Crippen LogP contribution in [0.4, 0.5) is 68.2 Å². The standard InChI is InChI=1S/C86H59BN4O/c1-9-30-60(31-10-1)71-50-29-51-72(61-32-11-2-12-33-61)85(71)91-79-56-62(83-73-46-25-27-48-75(73)86(76-49-28-26-47-74(76)83)90(67-42-21-7-22-43-67)68-44-23-8-24-45-68)52-54-77(79)87-78-55-53-69(88(63-34-13-3-14-35-63)64-36-15-4-16-37-64)58-81(78)92-82-59-70(57-80(91)84(82)87)89(65-38-17-5-18-39-65)66-40-19-6-20-41-66/h1-59H. The van der Waals surface area contributed by atoms with Crippen molar-refractivity contribution in [3.63, 3.8) is 0 Å². The predicted molar refractivity (Wildman–Crippen MR) is 388 cm³/mol. The van der Waals surface area contributed by atoms with Gasteiger partial charge in [-0.25, -0.2) is 0 Å². The Morgan fingerprint density at radius 2 is 0.652 bits per heavy atom. The minimum absolute atomic E-state index is 0.249. The number of rotatable bonds is 13. The van der Waals surface area contributed by atoms with Crippen LogP contribution in [0.1, 0.15) is 0 Å². The van der Waals surface area contributed by atoms with Crippen molar-refractivity contribution in [3.05, 3.63) is 358 Å². The van der Waals surface area contributed by atoms with E-state index in [9.17, 15) is 0 Å². The smallest absolute Gasteiger partial charge is 0.256 e. The molecule has 432 valence electrons. The summed E-state index contributed by atoms with van der Waals surface area (Å²) in [7, 11) is 0. The molecule has 0 bridgehead atoms. The van der Waals surface area contributed by atoms with Gasteiger partial charge in [-0.15, -0.1) is 0 Å². The van der Waals surface area contributed by atoms with Gasteiger partial charge in [-0.1, -0.05) is 255 Å². The van der Waals surface area contributed by atoms with Crippen molar-refractivity contribution in [2.45, 2.75) is 0 Å². The normalized spacial score (nSPS) is 12.0. The highest BCUT2D eigenvalue weighted by atomic mass is 16.5. The Morgan fingerprint density at radius 1 is 0.261 bits per heavy atom. The van der Waals surface area contributed by atoms with E-state index in [4.69, 9.17) is 4.74 Å². The molecule has 0 atom stereocenters. The van der Waals surface area contributed by atoms with Gasteiger partial charge in [-0.3, -0.25) is 0 Å². The number of nitrogens with zero attached hydrogens (tertiary/aromatic N) is 4. The van der Waals surface area contributed by atoms with Crippen molar-refractivity contribution >= 4 is 113 Å². The number of anilines is 12. The summed E-state index contributed by atoms with van der Waals surface area (Å²) in [6.45, 7) is -0.249. The predicted octanol–water partition coefficient (Wildman–Crippen LogP) is 21.8. The molecule has 2 heterocycles. The van der Waals surface area contributed by atoms with E-state index in [0.29, 0.717) is 0 Å². The summed E-state index contributed by atoms with van der Waals surface area (Å²) in [6, 6.07) is 130. The van der Waals surface area contributed by atoms with Gasteiger partial charge in [-0.05, 0) is 140 Å². The average Bonchev–Trinajstić information content (AvgIpc) is 0.706. The van der Waals surface area contributed by atoms with E-state index in [1.165, 1.54) is 11.0 Å². The molecule has 0 aromatic heterocycles. The Kier molecular flexibility index (Phi) is 13.6. The fourth-order valence-electron chi connectivity index (χ4n) is 14.3. The molecule has 0 unspecified atom stereocenters. The SMILES string of the molecule is c1ccc(-c2cccc(-c3ccccc3)c2N2c3cc(-c4c5ccccc5c(N(c5ccccc5)c5ccccc5)c5ccccc45)ccc3B3c4ccc(N(c5ccccc5)c5ccccc5)cc4Oc4cc(N(c5ccccc5)c5ccccc5)cc2c43)cc1. The first-order chi connectivity index (χ1) is 45.7. The Hall–Kier alpha value is -12.1. The van der Waals surface area contributed by atoms with Gasteiger partial charge in [0.25, 0.3) is 6.71 Å². The first-order valence-electron chi connectivity index (χ1n) is 31.5. The van der Waals surface area contributed by atoms with Gasteiger partial charge in [0, 0.05) is 85.2 Å². The Bertz CT molecular complexity index is 4960. The fourth-order valence-corrected chi connectivity index (χ4v) is 14.3. The van der Waals surface area contributed by atoms with Gasteiger partial charge < -0.3 is 24.3 Å². The average molecular weight is 1180 g/mol. The number of para-hydroxylation sites is 7. The molecule has 0 spiro atoms. The second-order valence-electron chi connectivity index (χ2n) is 23.5. The summed E-state index contributed by atoms with van der Waals surface area (Å²) in [5, 5.41) is 4.62. The van der Waals surface area contributed by atoms with Crippen LogP contribution >= 0.6 is 0 Å². The van der Waals surface area contributed by atoms with Crippen LogP contribution in [0.3, 0.4) is 0 Å². The summed E-state index contributed by atoms with van der Waals surface area (Å²) in [4.78, 5) is 9.72. The Balaban J connectivity index is 0.983. The van der Waals surface area contributed by atoms with E-state index in [1.54, 1.807) is 0 Å². The second kappa shape index (κ2) is 23.1. The number of ether oxygens (including phenoxy) is 1. The third-order valence-electron chi connectivity index (χ3n) is 18.2. The molecule has 0 N–H and O–H groups in total. The van der Waals surface area contributed by atoms with Gasteiger partial charge >= 0.3 is 0 Å². The van der Waals surface area contributed by atoms with Crippen molar-refractivity contribution in [3.8, 4) is 44.9 Å². The molecule has 2 aliphatic rings. The highest BCUT2D eigenvalue weighted by Crippen LogP contribution is 2.54. The second-order valence-corrected chi connectivity index (χ2v) is 23.5. The van der Waals surface area contributed by atoms with Crippen LogP contribution in [0.2, 0.25) is 0 Å². The maximum absolute atomic E-state index is 7.68. The first-order valence-corrected chi connectivity index (χ1v) is 31.5. The van der Waals surface area contributed by atoms with Crippen molar-refractivity contribution in [1.29, 1.82) is 0 Å². The van der Waals surface area contributed by atoms with E-state index in [-0.39, 0.29) is 6.71 Å². The van der Waals surface area contributed by atoms with Crippen LogP contribution in [0.15, 0.2) is 358 Å². The largest absolute Gasteiger partial charge is 0.458 e. The van der Waals surface area contributed by atoms with Crippen LogP contribution in [0, 0.1) is 0 Å². The minimum Gasteiger partial charge on any atom is -0.458 e. The lowest BCUT2D eigenvalue weighted by Gasteiger charge is -2.42. The number of benzene rings is 15. The van der Waals surface area contributed by atoms with Gasteiger partial charge in [0.2, 0.25) is 0 Å². The summed E-state index contributed by atoms with van der Waals surface area (Å²) in [6.07, 6.45) is 0. The Morgan fingerprint density at radius 3 is 1.12 bits per heavy atom. The maximum atomic E-state index is 7.68. The van der Waals surface area contributed by atoms with Gasteiger partial charge in [-0.2, -0.15) is 0 Å². The van der Waals surface area contributed by atoms with Crippen molar-refractivity contribution in [2.75, 3.05) is 19.6 Å². The summed E-state index contributed by atoms with van der Waals surface area (Å²) < 4.78 is 7.68. The van der Waals surface area contributed by atoms with Crippen molar-refractivity contribution in [2.24, 2.45) is 0 Å². The monoisotopic (exact) mass is 1170 g/mol. The number of hydrogen-bond donors (Lipinski definition) is 0. The third-order valence-corrected chi connectivity index (χ3v) is 18.2. The van der Waals surface area contributed by atoms with E-state index < -0.39 is 0 Å². The highest BCUT2D eigenvalue weighted by molar-refractivity contribution is 6.99. The van der Waals surface area contributed by atoms with E-state index in [2.05, 4.69) is 378 Å². The molecule has 15 aromatic carbocycles. The van der Waals surface area contributed by atoms with E-state index in [1.807, 2.05) is 0 Å². The molecule has 2 aliphatic heterocycles. The molecule has 15 aromatic rings. The van der Waals surface area contributed by atoms with E-state index in [0.717, 1.165) is 140 Å². The molecule has 92 heavy (non-hydrogen) atoms. The van der Waals surface area contributed by atoms with Crippen molar-refractivity contribution < 1.29 is 4.74 Å². The summed E-state index contributed by atoms with van der Waals surface area (Å²) >= 11 is 0. The minimum atomic E-state index is -0.249. The lowest BCUT2D eigenvalue weighted by atomic mass is 9.34. The maximum Gasteiger partial charge on any atom is 0.256 e. The highest BCUT2D eigenvalue weighted by Gasteiger charge is 2.44. The number of fused-ring (bicyclic) bond motifs is 6. The molecule has 0 fully saturated rings. The molecule has 0 saturated heterocycles. The topological polar surface area (TPSA) is 22.2 Å². The van der Waals surface area contributed by atoms with Crippen LogP contribution in [-0.4, -0.2) is 6.71 Å². The zero-order chi connectivity index (χ0) is 60.9. The first kappa shape index (κ1) is 54.1. The summed E-state index contributed by atoms with van der Waals surface area (Å²) in [5.74, 6) is 1.60. The van der Waals surface area contributed by atoms with Crippen LogP contribution in [-0.2, 0) is 0 Å². The summed E-state index contributed by atoms with van der Waals surface area (Å²) in [5.41, 5.74) is 22.7. The van der Waals surface area contributed by atoms with E-state index >= 15 is 0 Å². The van der Waals surface area contributed by atoms with Gasteiger partial charge in [0.15, 0.2) is 0 Å². The van der Waals surface area contributed by atoms with Crippen LogP contribution < -0.4 is 40.7 Å². The molecular formula is C86H59BN4O. The molecule has 17 rings (SSSR count). The zero-order valence-corrected chi connectivity index (χ0v) is 50.3. The van der Waals surface area contributed by atoms with Crippen molar-refractivity contribution in [1.82, 2.24) is 0 Å². The quantitative estimate of drug-likeness (QED) is 0.0845. The lowest BCUT2D eigenvalue weighted by molar-refractivity contribution is 0.488. The molecule has 5 nitrogen and oxygen atoms in total. The zero-order valence-electron chi connectivity index (χ0n) is 50.3. The molecule has 0 radical (unpaired) electrons. The Labute approximate surface area is 536 Å². The number of hydrogen-bond acceptors (Lipinski definition) is 5. The molecule has 0 aliphatic carbocycles. The molecular weight excluding hydrogens is 1120 g/mol. The lowest BCUT2D eigenvalue weighted by Crippen LogP contribution is -2.59.